The van der Waals surface area contributed by atoms with Gasteiger partial charge in [-0.1, -0.05) is 0 Å². The Morgan fingerprint density at radius 3 is 2.78 bits per heavy atom. The van der Waals surface area contributed by atoms with Gasteiger partial charge in [-0.3, -0.25) is 0 Å². The normalized spacial score (nSPS) is 18.4. The molecule has 23 heavy (non-hydrogen) atoms. The summed E-state index contributed by atoms with van der Waals surface area (Å²) in [6.07, 6.45) is 9.51. The van der Waals surface area contributed by atoms with Crippen molar-refractivity contribution in [1.29, 1.82) is 0 Å². The van der Waals surface area contributed by atoms with Gasteiger partial charge in [-0.25, -0.2) is 9.98 Å². The molecule has 2 aliphatic carbocycles. The van der Waals surface area contributed by atoms with Crippen LogP contribution < -0.4 is 15.4 Å². The number of aliphatic imine (C=N–C) groups is 1. The van der Waals surface area contributed by atoms with Crippen LogP contribution in [0, 0.1) is 0 Å². The number of hydrogen-bond acceptors (Lipinski definition) is 3. The molecule has 1 heterocycles. The zero-order chi connectivity index (χ0) is 15.2. The summed E-state index contributed by atoms with van der Waals surface area (Å²) in [7, 11) is 0. The lowest BCUT2D eigenvalue weighted by Gasteiger charge is -2.13. The van der Waals surface area contributed by atoms with Crippen LogP contribution in [0.1, 0.15) is 51.0 Å². The van der Waals surface area contributed by atoms with Gasteiger partial charge >= 0.3 is 0 Å². The first-order valence-corrected chi connectivity index (χ1v) is 8.50. The van der Waals surface area contributed by atoms with Crippen LogP contribution in [0.3, 0.4) is 0 Å². The maximum Gasteiger partial charge on any atom is 0.213 e. The van der Waals surface area contributed by atoms with Gasteiger partial charge in [0.2, 0.25) is 5.88 Å². The number of nitrogens with one attached hydrogen (secondary N) is 2. The van der Waals surface area contributed by atoms with Crippen LogP contribution in [0.15, 0.2) is 23.3 Å². The maximum atomic E-state index is 5.95. The second kappa shape index (κ2) is 9.30. The van der Waals surface area contributed by atoms with Crippen LogP contribution in [-0.2, 0) is 6.54 Å². The third-order valence-corrected chi connectivity index (χ3v) is 4.07. The van der Waals surface area contributed by atoms with Crippen LogP contribution in [0.4, 0.5) is 0 Å². The molecule has 0 aromatic carbocycles. The number of guanidine groups is 1. The summed E-state index contributed by atoms with van der Waals surface area (Å²) in [5, 5.41) is 6.72. The average Bonchev–Trinajstić information content (AvgIpc) is 3.19. The van der Waals surface area contributed by atoms with Crippen LogP contribution in [0.2, 0.25) is 0 Å². The lowest BCUT2D eigenvalue weighted by atomic mass is 10.2. The molecule has 0 saturated heterocycles. The van der Waals surface area contributed by atoms with E-state index in [1.165, 1.54) is 25.7 Å². The van der Waals surface area contributed by atoms with Gasteiger partial charge in [-0.2, -0.15) is 0 Å². The molecule has 0 atom stereocenters. The van der Waals surface area contributed by atoms with Gasteiger partial charge in [0.05, 0.1) is 6.54 Å². The molecule has 2 N–H and O–H groups in total. The molecule has 0 bridgehead atoms. The molecule has 3 rings (SSSR count). The zero-order valence-electron chi connectivity index (χ0n) is 13.8. The standard InChI is InChI=1S/C17H26N4O.HI/c1-2-18-17(21-14-7-8-14)20-12-13-9-10-19-16(11-13)22-15-5-3-4-6-15;/h9-11,14-15H,2-8,12H2,1H3,(H2,18,20,21);1H. The van der Waals surface area contributed by atoms with Crippen molar-refractivity contribution in [1.82, 2.24) is 15.6 Å². The predicted octanol–water partition coefficient (Wildman–Crippen LogP) is 3.24. The Morgan fingerprint density at radius 1 is 1.30 bits per heavy atom. The highest BCUT2D eigenvalue weighted by atomic mass is 127. The van der Waals surface area contributed by atoms with Crippen molar-refractivity contribution in [3.8, 4) is 5.88 Å². The molecule has 6 heteroatoms. The van der Waals surface area contributed by atoms with Crippen molar-refractivity contribution < 1.29 is 4.74 Å². The molecule has 0 spiro atoms. The zero-order valence-corrected chi connectivity index (χ0v) is 16.1. The minimum atomic E-state index is 0. The molecule has 0 amide bonds. The van der Waals surface area contributed by atoms with Gasteiger partial charge in [0.25, 0.3) is 0 Å². The van der Waals surface area contributed by atoms with Gasteiger partial charge < -0.3 is 15.4 Å². The minimum absolute atomic E-state index is 0. The van der Waals surface area contributed by atoms with Crippen LogP contribution in [0.25, 0.3) is 0 Å². The number of hydrogen-bond donors (Lipinski definition) is 2. The summed E-state index contributed by atoms with van der Waals surface area (Å²) < 4.78 is 5.95. The Balaban J connectivity index is 0.00000192. The molecule has 128 valence electrons. The van der Waals surface area contributed by atoms with Crippen molar-refractivity contribution in [3.05, 3.63) is 23.9 Å². The topological polar surface area (TPSA) is 58.5 Å². The predicted molar refractivity (Wildman–Crippen MR) is 104 cm³/mol. The largest absolute Gasteiger partial charge is 0.474 e. The first-order valence-electron chi connectivity index (χ1n) is 8.50. The van der Waals surface area contributed by atoms with E-state index in [0.717, 1.165) is 36.8 Å². The van der Waals surface area contributed by atoms with Gasteiger partial charge in [0.15, 0.2) is 5.96 Å². The van der Waals surface area contributed by atoms with Crippen molar-refractivity contribution in [2.24, 2.45) is 4.99 Å². The Kier molecular flexibility index (Phi) is 7.39. The summed E-state index contributed by atoms with van der Waals surface area (Å²) in [6, 6.07) is 4.63. The van der Waals surface area contributed by atoms with E-state index in [1.807, 2.05) is 18.3 Å². The van der Waals surface area contributed by atoms with Crippen molar-refractivity contribution >= 4 is 29.9 Å². The fourth-order valence-corrected chi connectivity index (χ4v) is 2.70. The van der Waals surface area contributed by atoms with Gasteiger partial charge in [0, 0.05) is 24.8 Å². The van der Waals surface area contributed by atoms with Gasteiger partial charge in [-0.15, -0.1) is 24.0 Å². The SMILES string of the molecule is CCNC(=NCc1ccnc(OC2CCCC2)c1)NC1CC1.I. The highest BCUT2D eigenvalue weighted by Crippen LogP contribution is 2.23. The minimum Gasteiger partial charge on any atom is -0.474 e. The Bertz CT molecular complexity index is 513. The number of aromatic nitrogens is 1. The van der Waals surface area contributed by atoms with Crippen molar-refractivity contribution in [2.75, 3.05) is 6.54 Å². The third-order valence-electron chi connectivity index (χ3n) is 4.07. The number of nitrogens with zero attached hydrogens (tertiary/aromatic N) is 2. The van der Waals surface area contributed by atoms with Crippen LogP contribution in [0.5, 0.6) is 5.88 Å². The third kappa shape index (κ3) is 6.16. The molecule has 0 aliphatic heterocycles. The van der Waals surface area contributed by atoms with E-state index in [2.05, 4.69) is 27.5 Å². The quantitative estimate of drug-likeness (QED) is 0.414. The van der Waals surface area contributed by atoms with Crippen molar-refractivity contribution in [2.45, 2.75) is 64.1 Å². The lowest BCUT2D eigenvalue weighted by molar-refractivity contribution is 0.201. The summed E-state index contributed by atoms with van der Waals surface area (Å²) in [5.41, 5.74) is 1.14. The number of halogens is 1. The van der Waals surface area contributed by atoms with E-state index in [-0.39, 0.29) is 24.0 Å². The fraction of sp³-hybridized carbons (Fsp3) is 0.647. The molecule has 2 fully saturated rings. The molecule has 2 saturated carbocycles. The Morgan fingerprint density at radius 2 is 2.09 bits per heavy atom. The first kappa shape index (κ1) is 18.3. The summed E-state index contributed by atoms with van der Waals surface area (Å²) >= 11 is 0. The number of rotatable bonds is 6. The second-order valence-corrected chi connectivity index (χ2v) is 6.14. The molecule has 1 aromatic heterocycles. The fourth-order valence-electron chi connectivity index (χ4n) is 2.70. The van der Waals surface area contributed by atoms with Crippen LogP contribution >= 0.6 is 24.0 Å². The lowest BCUT2D eigenvalue weighted by Crippen LogP contribution is -2.38. The average molecular weight is 430 g/mol. The van der Waals surface area contributed by atoms with E-state index in [0.29, 0.717) is 18.7 Å². The number of ether oxygens (including phenoxy) is 1. The van der Waals surface area contributed by atoms with Crippen LogP contribution in [-0.4, -0.2) is 29.6 Å². The summed E-state index contributed by atoms with van der Waals surface area (Å²) in [4.78, 5) is 8.97. The Hall–Kier alpha value is -1.05. The molecule has 2 aliphatic rings. The molecular formula is C17H27IN4O. The summed E-state index contributed by atoms with van der Waals surface area (Å²) in [5.74, 6) is 1.64. The molecule has 0 radical (unpaired) electrons. The van der Waals surface area contributed by atoms with E-state index >= 15 is 0 Å². The molecule has 5 nitrogen and oxygen atoms in total. The molecule has 1 aromatic rings. The smallest absolute Gasteiger partial charge is 0.213 e. The van der Waals surface area contributed by atoms with Gasteiger partial charge in [-0.05, 0) is 57.1 Å². The highest BCUT2D eigenvalue weighted by molar-refractivity contribution is 14.0. The van der Waals surface area contributed by atoms with Crippen molar-refractivity contribution in [3.63, 3.8) is 0 Å². The van der Waals surface area contributed by atoms with E-state index in [4.69, 9.17) is 4.74 Å². The second-order valence-electron chi connectivity index (χ2n) is 6.14. The highest BCUT2D eigenvalue weighted by Gasteiger charge is 2.22. The molecule has 0 unspecified atom stereocenters. The Labute approximate surface area is 155 Å². The first-order chi connectivity index (χ1) is 10.8. The number of pyridine rings is 1. The van der Waals surface area contributed by atoms with E-state index < -0.39 is 0 Å². The molecular weight excluding hydrogens is 403 g/mol. The maximum absolute atomic E-state index is 5.95. The summed E-state index contributed by atoms with van der Waals surface area (Å²) in [6.45, 7) is 3.61. The van der Waals surface area contributed by atoms with E-state index in [9.17, 15) is 0 Å². The van der Waals surface area contributed by atoms with Gasteiger partial charge in [0.1, 0.15) is 6.10 Å². The monoisotopic (exact) mass is 430 g/mol. The van der Waals surface area contributed by atoms with E-state index in [1.54, 1.807) is 0 Å².